The van der Waals surface area contributed by atoms with E-state index in [-0.39, 0.29) is 9.88 Å². The normalized spacial score (nSPS) is 11.1. The van der Waals surface area contributed by atoms with Crippen LogP contribution in [0.4, 0.5) is 5.69 Å². The maximum Gasteiger partial charge on any atom is 0.261 e. The minimum absolute atomic E-state index is 0.127. The monoisotopic (exact) mass is 326 g/mol. The van der Waals surface area contributed by atoms with Gasteiger partial charge in [0.15, 0.2) is 0 Å². The smallest absolute Gasteiger partial charge is 0.261 e. The average molecular weight is 327 g/mol. The second-order valence-electron chi connectivity index (χ2n) is 4.00. The molecule has 0 bridgehead atoms. The van der Waals surface area contributed by atoms with Crippen molar-refractivity contribution in [2.45, 2.75) is 4.90 Å². The first kappa shape index (κ1) is 14.8. The molecule has 0 aliphatic rings. The molecule has 0 aliphatic carbocycles. The number of rotatable bonds is 4. The fourth-order valence-corrected chi connectivity index (χ4v) is 2.87. The molecule has 0 fully saturated rings. The second-order valence-corrected chi connectivity index (χ2v) is 6.56. The predicted octanol–water partition coefficient (Wildman–Crippen LogP) is 2.78. The van der Waals surface area contributed by atoms with Gasteiger partial charge >= 0.3 is 0 Å². The molecule has 20 heavy (non-hydrogen) atoms. The Balaban J connectivity index is 2.31. The van der Waals surface area contributed by atoms with E-state index in [2.05, 4.69) is 4.72 Å². The molecule has 104 valence electrons. The molecule has 0 radical (unpaired) electrons. The lowest BCUT2D eigenvalue weighted by atomic mass is 10.2. The van der Waals surface area contributed by atoms with Crippen LogP contribution in [-0.2, 0) is 10.0 Å². The Morgan fingerprint density at radius 2 is 1.80 bits per heavy atom. The van der Waals surface area contributed by atoms with Gasteiger partial charge in [-0.15, -0.1) is 0 Å². The summed E-state index contributed by atoms with van der Waals surface area (Å²) in [6.45, 7) is 0. The lowest BCUT2D eigenvalue weighted by molar-refractivity contribution is 0.601. The largest absolute Gasteiger partial charge is 0.389 e. The SMILES string of the molecule is NC(=S)c1cccc(NS(=O)(=O)c2ccc(Cl)cc2)c1. The van der Waals surface area contributed by atoms with E-state index in [0.717, 1.165) is 0 Å². The van der Waals surface area contributed by atoms with E-state index in [1.165, 1.54) is 24.3 Å². The van der Waals surface area contributed by atoms with Crippen LogP contribution >= 0.6 is 23.8 Å². The average Bonchev–Trinajstić information content (AvgIpc) is 2.39. The van der Waals surface area contributed by atoms with Gasteiger partial charge in [-0.05, 0) is 36.4 Å². The zero-order valence-electron chi connectivity index (χ0n) is 10.2. The minimum Gasteiger partial charge on any atom is -0.389 e. The van der Waals surface area contributed by atoms with E-state index in [1.807, 2.05) is 0 Å². The van der Waals surface area contributed by atoms with Crippen molar-refractivity contribution in [3.8, 4) is 0 Å². The molecule has 4 nitrogen and oxygen atoms in total. The molecule has 0 heterocycles. The zero-order valence-corrected chi connectivity index (χ0v) is 12.6. The summed E-state index contributed by atoms with van der Waals surface area (Å²) in [5.41, 5.74) is 6.50. The molecule has 0 amide bonds. The van der Waals surface area contributed by atoms with E-state index in [1.54, 1.807) is 24.3 Å². The molecule has 0 spiro atoms. The van der Waals surface area contributed by atoms with Crippen LogP contribution in [0.25, 0.3) is 0 Å². The summed E-state index contributed by atoms with van der Waals surface area (Å²) >= 11 is 10.6. The van der Waals surface area contributed by atoms with Crippen molar-refractivity contribution >= 4 is 44.5 Å². The number of nitrogens with two attached hydrogens (primary N) is 1. The highest BCUT2D eigenvalue weighted by atomic mass is 35.5. The van der Waals surface area contributed by atoms with Crippen molar-refractivity contribution in [1.29, 1.82) is 0 Å². The van der Waals surface area contributed by atoms with Gasteiger partial charge in [0.1, 0.15) is 4.99 Å². The Morgan fingerprint density at radius 3 is 2.40 bits per heavy atom. The van der Waals surface area contributed by atoms with Crippen LogP contribution in [0.3, 0.4) is 0 Å². The summed E-state index contributed by atoms with van der Waals surface area (Å²) in [4.78, 5) is 0.333. The number of thiocarbonyl (C=S) groups is 1. The lowest BCUT2D eigenvalue weighted by Crippen LogP contribution is -2.14. The van der Waals surface area contributed by atoms with Gasteiger partial charge in [-0.1, -0.05) is 36.0 Å². The van der Waals surface area contributed by atoms with Crippen molar-refractivity contribution < 1.29 is 8.42 Å². The fourth-order valence-electron chi connectivity index (χ4n) is 1.56. The Morgan fingerprint density at radius 1 is 1.15 bits per heavy atom. The van der Waals surface area contributed by atoms with Gasteiger partial charge in [-0.3, -0.25) is 4.72 Å². The molecule has 2 aromatic rings. The summed E-state index contributed by atoms with van der Waals surface area (Å²) in [5, 5.41) is 0.472. The third-order valence-electron chi connectivity index (χ3n) is 2.52. The number of benzene rings is 2. The number of nitrogens with one attached hydrogen (secondary N) is 1. The molecule has 0 aliphatic heterocycles. The van der Waals surface area contributed by atoms with Gasteiger partial charge in [-0.25, -0.2) is 8.42 Å². The number of sulfonamides is 1. The maximum absolute atomic E-state index is 12.2. The van der Waals surface area contributed by atoms with Crippen LogP contribution in [0, 0.1) is 0 Å². The second kappa shape index (κ2) is 5.78. The van der Waals surface area contributed by atoms with Gasteiger partial charge < -0.3 is 5.73 Å². The molecule has 0 aromatic heterocycles. The van der Waals surface area contributed by atoms with Gasteiger partial charge in [0.2, 0.25) is 0 Å². The molecule has 3 N–H and O–H groups in total. The van der Waals surface area contributed by atoms with Crippen LogP contribution in [0.2, 0.25) is 5.02 Å². The molecule has 7 heteroatoms. The third-order valence-corrected chi connectivity index (χ3v) is 4.41. The van der Waals surface area contributed by atoms with Crippen LogP contribution < -0.4 is 10.5 Å². The number of halogens is 1. The Kier molecular flexibility index (Phi) is 4.27. The Bertz CT molecular complexity index is 743. The number of anilines is 1. The van der Waals surface area contributed by atoms with Crippen molar-refractivity contribution in [3.05, 3.63) is 59.1 Å². The van der Waals surface area contributed by atoms with Crippen LogP contribution in [-0.4, -0.2) is 13.4 Å². The molecular weight excluding hydrogens is 316 g/mol. The van der Waals surface area contributed by atoms with Gasteiger partial charge in [0.25, 0.3) is 10.0 Å². The Labute approximate surface area is 127 Å². The minimum atomic E-state index is -3.67. The first-order chi connectivity index (χ1) is 9.38. The van der Waals surface area contributed by atoms with Gasteiger partial charge in [0.05, 0.1) is 4.90 Å². The first-order valence-corrected chi connectivity index (χ1v) is 7.84. The van der Waals surface area contributed by atoms with Crippen molar-refractivity contribution in [1.82, 2.24) is 0 Å². The van der Waals surface area contributed by atoms with Crippen molar-refractivity contribution in [2.75, 3.05) is 4.72 Å². The highest BCUT2D eigenvalue weighted by molar-refractivity contribution is 7.92. The summed E-state index contributed by atoms with van der Waals surface area (Å²) < 4.78 is 26.8. The van der Waals surface area contributed by atoms with Gasteiger partial charge in [-0.2, -0.15) is 0 Å². The third kappa shape index (κ3) is 3.47. The topological polar surface area (TPSA) is 72.2 Å². The van der Waals surface area contributed by atoms with Crippen LogP contribution in [0.5, 0.6) is 0 Å². The lowest BCUT2D eigenvalue weighted by Gasteiger charge is -2.09. The maximum atomic E-state index is 12.2. The van der Waals surface area contributed by atoms with E-state index < -0.39 is 10.0 Å². The number of hydrogen-bond donors (Lipinski definition) is 2. The quantitative estimate of drug-likeness (QED) is 0.847. The molecule has 2 rings (SSSR count). The summed E-state index contributed by atoms with van der Waals surface area (Å²) in [6, 6.07) is 12.5. The van der Waals surface area contributed by atoms with Crippen LogP contribution in [0.15, 0.2) is 53.4 Å². The fraction of sp³-hybridized carbons (Fsp3) is 0. The molecule has 0 saturated heterocycles. The highest BCUT2D eigenvalue weighted by Gasteiger charge is 2.14. The predicted molar refractivity (Wildman–Crippen MR) is 84.6 cm³/mol. The summed E-state index contributed by atoms with van der Waals surface area (Å²) in [6.07, 6.45) is 0. The van der Waals surface area contributed by atoms with Gasteiger partial charge in [0, 0.05) is 16.3 Å². The summed E-state index contributed by atoms with van der Waals surface area (Å²) in [7, 11) is -3.67. The Hall–Kier alpha value is -1.63. The summed E-state index contributed by atoms with van der Waals surface area (Å²) in [5.74, 6) is 0. The molecule has 0 unspecified atom stereocenters. The van der Waals surface area contributed by atoms with E-state index in [0.29, 0.717) is 16.3 Å². The van der Waals surface area contributed by atoms with Crippen LogP contribution in [0.1, 0.15) is 5.56 Å². The van der Waals surface area contributed by atoms with Crippen molar-refractivity contribution in [2.24, 2.45) is 5.73 Å². The highest BCUT2D eigenvalue weighted by Crippen LogP contribution is 2.19. The van der Waals surface area contributed by atoms with E-state index in [9.17, 15) is 8.42 Å². The van der Waals surface area contributed by atoms with E-state index in [4.69, 9.17) is 29.6 Å². The molecule has 0 saturated carbocycles. The zero-order chi connectivity index (χ0) is 14.8. The molecular formula is C13H11ClN2O2S2. The first-order valence-electron chi connectivity index (χ1n) is 5.57. The van der Waals surface area contributed by atoms with E-state index >= 15 is 0 Å². The van der Waals surface area contributed by atoms with Crippen molar-refractivity contribution in [3.63, 3.8) is 0 Å². The molecule has 0 atom stereocenters. The molecule has 2 aromatic carbocycles. The standard InChI is InChI=1S/C13H11ClN2O2S2/c14-10-4-6-12(7-5-10)20(17,18)16-11-3-1-2-9(8-11)13(15)19/h1-8,16H,(H2,15,19). The number of hydrogen-bond acceptors (Lipinski definition) is 3.